The Morgan fingerprint density at radius 1 is 1.00 bits per heavy atom. The summed E-state index contributed by atoms with van der Waals surface area (Å²) in [6.45, 7) is 1.30. The van der Waals surface area contributed by atoms with Gasteiger partial charge in [-0.3, -0.25) is 14.4 Å². The number of likely N-dealkylation sites (tertiary alicyclic amines) is 1. The number of nitrogens with one attached hydrogen (secondary N) is 1. The van der Waals surface area contributed by atoms with E-state index in [0.29, 0.717) is 60.3 Å². The Labute approximate surface area is 270 Å². The average molecular weight is 652 g/mol. The lowest BCUT2D eigenvalue weighted by Gasteiger charge is -2.31. The van der Waals surface area contributed by atoms with E-state index < -0.39 is 12.0 Å². The molecule has 2 amide bonds. The lowest BCUT2D eigenvalue weighted by atomic mass is 9.94. The number of benzene rings is 3. The minimum absolute atomic E-state index is 0.165. The zero-order chi connectivity index (χ0) is 31.1. The number of carbonyl (C=O) groups excluding carboxylic acids is 2. The van der Waals surface area contributed by atoms with Crippen molar-refractivity contribution in [2.75, 3.05) is 13.1 Å². The highest BCUT2D eigenvalue weighted by molar-refractivity contribution is 7.18. The summed E-state index contributed by atoms with van der Waals surface area (Å²) in [7, 11) is 0. The normalized spacial score (nSPS) is 14.5. The van der Waals surface area contributed by atoms with Gasteiger partial charge in [0.1, 0.15) is 12.4 Å². The molecule has 4 aromatic rings. The maximum absolute atomic E-state index is 13.1. The number of aliphatic carboxylic acids is 1. The molecule has 0 bridgehead atoms. The molecule has 0 unspecified atom stereocenters. The van der Waals surface area contributed by atoms with Gasteiger partial charge in [0.15, 0.2) is 0 Å². The third-order valence-electron chi connectivity index (χ3n) is 7.66. The molecule has 228 valence electrons. The molecule has 0 saturated carbocycles. The van der Waals surface area contributed by atoms with E-state index >= 15 is 0 Å². The van der Waals surface area contributed by atoms with Crippen LogP contribution in [0.3, 0.4) is 0 Å². The fourth-order valence-corrected chi connectivity index (χ4v) is 6.71. The van der Waals surface area contributed by atoms with Crippen molar-refractivity contribution in [2.45, 2.75) is 38.3 Å². The quantitative estimate of drug-likeness (QED) is 0.167. The average Bonchev–Trinajstić information content (AvgIpc) is 3.51. The fraction of sp³-hybridized carbons (Fsp3) is 0.265. The van der Waals surface area contributed by atoms with E-state index in [1.54, 1.807) is 11.0 Å². The highest BCUT2D eigenvalue weighted by atomic mass is 35.5. The van der Waals surface area contributed by atoms with Gasteiger partial charge in [0.25, 0.3) is 0 Å². The van der Waals surface area contributed by atoms with Gasteiger partial charge in [0.05, 0.1) is 21.2 Å². The van der Waals surface area contributed by atoms with Crippen molar-refractivity contribution in [1.29, 1.82) is 0 Å². The van der Waals surface area contributed by atoms with E-state index in [4.69, 9.17) is 27.9 Å². The summed E-state index contributed by atoms with van der Waals surface area (Å²) in [5.41, 5.74) is 2.63. The second kappa shape index (κ2) is 14.8. The van der Waals surface area contributed by atoms with Crippen LogP contribution in [0.5, 0.6) is 5.75 Å². The lowest BCUT2D eigenvalue weighted by Crippen LogP contribution is -2.46. The number of carbonyl (C=O) groups is 3. The first-order chi connectivity index (χ1) is 21.3. The topological polar surface area (TPSA) is 95.9 Å². The monoisotopic (exact) mass is 650 g/mol. The van der Waals surface area contributed by atoms with Crippen LogP contribution in [0, 0.1) is 5.92 Å². The lowest BCUT2D eigenvalue weighted by molar-refractivity contribution is -0.138. The van der Waals surface area contributed by atoms with E-state index in [1.165, 1.54) is 17.4 Å². The maximum atomic E-state index is 13.1. The Kier molecular flexibility index (Phi) is 10.6. The van der Waals surface area contributed by atoms with Gasteiger partial charge in [-0.2, -0.15) is 0 Å². The highest BCUT2D eigenvalue weighted by Gasteiger charge is 2.28. The molecule has 0 aliphatic carbocycles. The first-order valence-electron chi connectivity index (χ1n) is 14.4. The molecular weight excluding hydrogens is 619 g/mol. The molecule has 1 atom stereocenters. The van der Waals surface area contributed by atoms with Crippen LogP contribution in [0.15, 0.2) is 78.2 Å². The van der Waals surface area contributed by atoms with Crippen molar-refractivity contribution in [2.24, 2.45) is 5.92 Å². The molecule has 0 spiro atoms. The summed E-state index contributed by atoms with van der Waals surface area (Å²) in [6.07, 6.45) is 4.33. The van der Waals surface area contributed by atoms with E-state index in [2.05, 4.69) is 5.32 Å². The summed E-state index contributed by atoms with van der Waals surface area (Å²) in [6, 6.07) is 20.6. The van der Waals surface area contributed by atoms with Gasteiger partial charge < -0.3 is 20.1 Å². The van der Waals surface area contributed by atoms with Crippen LogP contribution >= 0.6 is 34.5 Å². The van der Waals surface area contributed by atoms with Gasteiger partial charge in [-0.1, -0.05) is 65.7 Å². The van der Waals surface area contributed by atoms with Gasteiger partial charge in [0, 0.05) is 31.1 Å². The Morgan fingerprint density at radius 3 is 2.43 bits per heavy atom. The zero-order valence-corrected chi connectivity index (χ0v) is 26.2. The smallest absolute Gasteiger partial charge is 0.305 e. The molecule has 10 heteroatoms. The van der Waals surface area contributed by atoms with Gasteiger partial charge in [0.2, 0.25) is 11.8 Å². The molecule has 44 heavy (non-hydrogen) atoms. The highest BCUT2D eigenvalue weighted by Crippen LogP contribution is 2.37. The summed E-state index contributed by atoms with van der Waals surface area (Å²) >= 11 is 14.3. The first-order valence-corrected chi connectivity index (χ1v) is 16.0. The number of halogens is 2. The number of fused-ring (bicyclic) bond motifs is 1. The molecule has 2 N–H and O–H groups in total. The number of rotatable bonds is 11. The van der Waals surface area contributed by atoms with Crippen molar-refractivity contribution in [3.63, 3.8) is 0 Å². The number of hydrogen-bond donors (Lipinski definition) is 2. The SMILES string of the molecule is O=C(O)C[C@H](Cc1ccc(OCc2ccccc2)cc1)NC(=O)C1CCN(C(=O)/C=C/c2cc3ccsc3c(Cl)c2Cl)CC1. The zero-order valence-electron chi connectivity index (χ0n) is 23.9. The molecule has 1 aliphatic heterocycles. The van der Waals surface area contributed by atoms with Crippen LogP contribution in [-0.4, -0.2) is 46.9 Å². The number of ether oxygens (including phenoxy) is 1. The van der Waals surface area contributed by atoms with Crippen molar-refractivity contribution < 1.29 is 24.2 Å². The number of hydrogen-bond acceptors (Lipinski definition) is 5. The Hall–Kier alpha value is -3.85. The molecule has 5 rings (SSSR count). The van der Waals surface area contributed by atoms with Gasteiger partial charge in [-0.15, -0.1) is 11.3 Å². The molecular formula is C34H32Cl2N2O5S. The first kappa shape index (κ1) is 31.6. The second-order valence-electron chi connectivity index (χ2n) is 10.8. The minimum atomic E-state index is -0.982. The molecule has 3 aromatic carbocycles. The Balaban J connectivity index is 1.12. The van der Waals surface area contributed by atoms with Crippen LogP contribution in [0.4, 0.5) is 0 Å². The number of carboxylic acids is 1. The molecule has 7 nitrogen and oxygen atoms in total. The number of piperidine rings is 1. The largest absolute Gasteiger partial charge is 0.489 e. The Morgan fingerprint density at radius 2 is 1.73 bits per heavy atom. The van der Waals surface area contributed by atoms with Crippen LogP contribution in [-0.2, 0) is 27.4 Å². The third kappa shape index (κ3) is 8.20. The van der Waals surface area contributed by atoms with Gasteiger partial charge in [-0.25, -0.2) is 0 Å². The molecule has 1 fully saturated rings. The van der Waals surface area contributed by atoms with Crippen LogP contribution in [0.1, 0.15) is 36.0 Å². The molecule has 1 aromatic heterocycles. The second-order valence-corrected chi connectivity index (χ2v) is 12.5. The van der Waals surface area contributed by atoms with Crippen LogP contribution < -0.4 is 10.1 Å². The molecule has 1 saturated heterocycles. The number of carboxylic acid groups (broad SMARTS) is 1. The molecule has 2 heterocycles. The van der Waals surface area contributed by atoms with Crippen LogP contribution in [0.25, 0.3) is 16.2 Å². The predicted octanol–water partition coefficient (Wildman–Crippen LogP) is 7.24. The van der Waals surface area contributed by atoms with E-state index in [9.17, 15) is 19.5 Å². The third-order valence-corrected chi connectivity index (χ3v) is 9.60. The maximum Gasteiger partial charge on any atom is 0.305 e. The molecule has 0 radical (unpaired) electrons. The number of thiophene rings is 1. The fourth-order valence-electron chi connectivity index (χ4n) is 5.27. The summed E-state index contributed by atoms with van der Waals surface area (Å²) in [5.74, 6) is -0.927. The van der Waals surface area contributed by atoms with Crippen molar-refractivity contribution in [1.82, 2.24) is 10.2 Å². The van der Waals surface area contributed by atoms with Gasteiger partial charge >= 0.3 is 5.97 Å². The number of nitrogens with zero attached hydrogens (tertiary/aromatic N) is 1. The van der Waals surface area contributed by atoms with Crippen molar-refractivity contribution in [3.8, 4) is 5.75 Å². The van der Waals surface area contributed by atoms with Crippen molar-refractivity contribution >= 4 is 68.5 Å². The van der Waals surface area contributed by atoms with Crippen LogP contribution in [0.2, 0.25) is 10.0 Å². The summed E-state index contributed by atoms with van der Waals surface area (Å²) in [5, 5.41) is 16.2. The molecule has 1 aliphatic rings. The van der Waals surface area contributed by atoms with E-state index in [1.807, 2.05) is 72.1 Å². The Bertz CT molecular complexity index is 1650. The number of amides is 2. The minimum Gasteiger partial charge on any atom is -0.489 e. The van der Waals surface area contributed by atoms with E-state index in [-0.39, 0.29) is 24.2 Å². The summed E-state index contributed by atoms with van der Waals surface area (Å²) < 4.78 is 6.75. The van der Waals surface area contributed by atoms with E-state index in [0.717, 1.165) is 21.2 Å². The summed E-state index contributed by atoms with van der Waals surface area (Å²) in [4.78, 5) is 39.3. The standard InChI is InChI=1S/C34H32Cl2N2O5S/c35-31-25(19-26-14-17-44-33(26)32(31)36)8-11-29(39)38-15-12-24(13-16-38)34(42)37-27(20-30(40)41)18-22-6-9-28(10-7-22)43-21-23-4-2-1-3-5-23/h1-11,14,17,19,24,27H,12-13,15-16,18,20-21H2,(H,37,42)(H,40,41)/b11-8+/t27-/m0/s1. The predicted molar refractivity (Wildman–Crippen MR) is 175 cm³/mol. The van der Waals surface area contributed by atoms with Crippen molar-refractivity contribution in [3.05, 3.63) is 105 Å². The van der Waals surface area contributed by atoms with Gasteiger partial charge in [-0.05, 0) is 77.1 Å².